The molecule has 0 unspecified atom stereocenters. The molecule has 1 fully saturated rings. The molecule has 3 amide bonds. The number of hydrogen-bond donors (Lipinski definition) is 1. The number of esters is 1. The molecular formula is C22H22N2O5. The van der Waals surface area contributed by atoms with E-state index in [4.69, 9.17) is 4.74 Å². The van der Waals surface area contributed by atoms with Crippen LogP contribution >= 0.6 is 0 Å². The molecule has 1 saturated heterocycles. The van der Waals surface area contributed by atoms with Crippen molar-refractivity contribution in [2.75, 3.05) is 18.1 Å². The Morgan fingerprint density at radius 1 is 1.07 bits per heavy atom. The van der Waals surface area contributed by atoms with E-state index in [1.165, 1.54) is 0 Å². The Bertz CT molecular complexity index is 926. The van der Waals surface area contributed by atoms with Crippen molar-refractivity contribution in [1.29, 1.82) is 0 Å². The number of hydrogen-bond acceptors (Lipinski definition) is 5. The molecule has 2 aromatic rings. The fraction of sp³-hybridized carbons (Fsp3) is 0.273. The first kappa shape index (κ1) is 20.3. The zero-order chi connectivity index (χ0) is 20.8. The number of ether oxygens (including phenoxy) is 1. The lowest BCUT2D eigenvalue weighted by molar-refractivity contribution is -0.152. The predicted molar refractivity (Wildman–Crippen MR) is 106 cm³/mol. The third-order valence-electron chi connectivity index (χ3n) is 4.76. The molecule has 7 nitrogen and oxygen atoms in total. The fourth-order valence-corrected chi connectivity index (χ4v) is 3.25. The average molecular weight is 394 g/mol. The zero-order valence-corrected chi connectivity index (χ0v) is 16.1. The van der Waals surface area contributed by atoms with Crippen molar-refractivity contribution in [2.45, 2.75) is 19.8 Å². The molecule has 3 rings (SSSR count). The van der Waals surface area contributed by atoms with E-state index in [2.05, 4.69) is 5.32 Å². The van der Waals surface area contributed by atoms with Crippen molar-refractivity contribution in [2.24, 2.45) is 5.92 Å². The first-order valence-corrected chi connectivity index (χ1v) is 9.43. The Morgan fingerprint density at radius 3 is 2.48 bits per heavy atom. The third-order valence-corrected chi connectivity index (χ3v) is 4.76. The van der Waals surface area contributed by atoms with Gasteiger partial charge in [-0.1, -0.05) is 43.3 Å². The normalized spacial score (nSPS) is 15.8. The van der Waals surface area contributed by atoms with Gasteiger partial charge in [-0.3, -0.25) is 24.5 Å². The predicted octanol–water partition coefficient (Wildman–Crippen LogP) is 2.10. The molecule has 1 aliphatic heterocycles. The molecule has 2 aromatic carbocycles. The first-order chi connectivity index (χ1) is 14.0. The number of benzene rings is 2. The number of carbonyl (C=O) groups is 4. The highest BCUT2D eigenvalue weighted by Crippen LogP contribution is 2.29. The highest BCUT2D eigenvalue weighted by Gasteiger charge is 2.37. The van der Waals surface area contributed by atoms with Crippen LogP contribution in [-0.4, -0.2) is 36.8 Å². The maximum atomic E-state index is 12.4. The molecule has 29 heavy (non-hydrogen) atoms. The lowest BCUT2D eigenvalue weighted by Gasteiger charge is -2.19. The Kier molecular flexibility index (Phi) is 6.39. The summed E-state index contributed by atoms with van der Waals surface area (Å²) in [6.07, 6.45) is 0.798. The van der Waals surface area contributed by atoms with E-state index in [-0.39, 0.29) is 18.9 Å². The molecule has 150 valence electrons. The van der Waals surface area contributed by atoms with Crippen LogP contribution in [0.1, 0.15) is 29.3 Å². The molecule has 0 bridgehead atoms. The largest absolute Gasteiger partial charge is 0.455 e. The number of aryl methyl sites for hydroxylation is 1. The summed E-state index contributed by atoms with van der Waals surface area (Å²) in [7, 11) is 0. The number of rotatable bonds is 6. The van der Waals surface area contributed by atoms with Gasteiger partial charge in [0.05, 0.1) is 5.92 Å². The van der Waals surface area contributed by atoms with Crippen molar-refractivity contribution in [3.8, 4) is 0 Å². The van der Waals surface area contributed by atoms with Gasteiger partial charge in [0.1, 0.15) is 0 Å². The summed E-state index contributed by atoms with van der Waals surface area (Å²) in [6, 6.07) is 15.8. The summed E-state index contributed by atoms with van der Waals surface area (Å²) < 4.78 is 5.03. The summed E-state index contributed by atoms with van der Waals surface area (Å²) >= 11 is 0. The molecule has 0 spiro atoms. The number of nitrogens with zero attached hydrogens (tertiary/aromatic N) is 1. The molecule has 0 aromatic heterocycles. The van der Waals surface area contributed by atoms with Gasteiger partial charge in [0.2, 0.25) is 5.91 Å². The Labute approximate surface area is 168 Å². The minimum atomic E-state index is -0.718. The maximum Gasteiger partial charge on any atom is 0.311 e. The van der Waals surface area contributed by atoms with Crippen LogP contribution in [0.5, 0.6) is 0 Å². The molecule has 1 atom stereocenters. The summed E-state index contributed by atoms with van der Waals surface area (Å²) in [5.74, 6) is -2.71. The van der Waals surface area contributed by atoms with E-state index in [9.17, 15) is 19.2 Å². The quantitative estimate of drug-likeness (QED) is 0.758. The SMILES string of the molecule is CCc1ccccc1N1C[C@@H](C(=O)OCC(=O)NC(=O)c2ccccc2)CC1=O. The molecule has 7 heteroatoms. The van der Waals surface area contributed by atoms with Crippen LogP contribution in [0.3, 0.4) is 0 Å². The smallest absolute Gasteiger partial charge is 0.311 e. The Hall–Kier alpha value is -3.48. The van der Waals surface area contributed by atoms with Crippen molar-refractivity contribution < 1.29 is 23.9 Å². The minimum Gasteiger partial charge on any atom is -0.455 e. The molecular weight excluding hydrogens is 372 g/mol. The lowest BCUT2D eigenvalue weighted by Crippen LogP contribution is -2.35. The van der Waals surface area contributed by atoms with Crippen LogP contribution in [-0.2, 0) is 25.5 Å². The summed E-state index contributed by atoms with van der Waals surface area (Å²) in [4.78, 5) is 50.1. The van der Waals surface area contributed by atoms with Gasteiger partial charge in [-0.05, 0) is 30.2 Å². The van der Waals surface area contributed by atoms with Crippen LogP contribution in [0.25, 0.3) is 0 Å². The molecule has 1 aliphatic rings. The van der Waals surface area contributed by atoms with Crippen molar-refractivity contribution in [3.63, 3.8) is 0 Å². The number of nitrogens with one attached hydrogen (secondary N) is 1. The highest BCUT2D eigenvalue weighted by atomic mass is 16.5. The monoisotopic (exact) mass is 394 g/mol. The summed E-state index contributed by atoms with van der Waals surface area (Å²) in [6.45, 7) is 1.63. The molecule has 0 aliphatic carbocycles. The molecule has 1 N–H and O–H groups in total. The van der Waals surface area contributed by atoms with E-state index >= 15 is 0 Å². The van der Waals surface area contributed by atoms with Gasteiger partial charge in [-0.15, -0.1) is 0 Å². The maximum absolute atomic E-state index is 12.4. The number of carbonyl (C=O) groups excluding carboxylic acids is 4. The van der Waals surface area contributed by atoms with E-state index in [1.54, 1.807) is 35.2 Å². The standard InChI is InChI=1S/C22H22N2O5/c1-2-15-8-6-7-11-18(15)24-13-17(12-20(24)26)22(28)29-14-19(25)23-21(27)16-9-4-3-5-10-16/h3-11,17H,2,12-14H2,1H3,(H,23,25,27)/t17-/m0/s1. The van der Waals surface area contributed by atoms with Crippen LogP contribution < -0.4 is 10.2 Å². The number of anilines is 1. The van der Waals surface area contributed by atoms with Crippen LogP contribution in [0.4, 0.5) is 5.69 Å². The van der Waals surface area contributed by atoms with Gasteiger partial charge >= 0.3 is 5.97 Å². The highest BCUT2D eigenvalue weighted by molar-refractivity contribution is 6.05. The topological polar surface area (TPSA) is 92.8 Å². The zero-order valence-electron chi connectivity index (χ0n) is 16.1. The van der Waals surface area contributed by atoms with Crippen molar-refractivity contribution >= 4 is 29.4 Å². The van der Waals surface area contributed by atoms with Gasteiger partial charge < -0.3 is 9.64 Å². The van der Waals surface area contributed by atoms with Crippen LogP contribution in [0.15, 0.2) is 54.6 Å². The molecule has 0 radical (unpaired) electrons. The second-order valence-corrected chi connectivity index (χ2v) is 6.74. The first-order valence-electron chi connectivity index (χ1n) is 9.43. The van der Waals surface area contributed by atoms with Crippen LogP contribution in [0.2, 0.25) is 0 Å². The van der Waals surface area contributed by atoms with Crippen molar-refractivity contribution in [3.05, 3.63) is 65.7 Å². The van der Waals surface area contributed by atoms with E-state index in [0.717, 1.165) is 17.7 Å². The third kappa shape index (κ3) is 4.87. The molecule has 1 heterocycles. The fourth-order valence-electron chi connectivity index (χ4n) is 3.25. The number of para-hydroxylation sites is 1. The summed E-state index contributed by atoms with van der Waals surface area (Å²) in [5, 5.41) is 2.17. The lowest BCUT2D eigenvalue weighted by atomic mass is 10.1. The second-order valence-electron chi connectivity index (χ2n) is 6.74. The molecule has 0 saturated carbocycles. The Morgan fingerprint density at radius 2 is 1.76 bits per heavy atom. The van der Waals surface area contributed by atoms with Gasteiger partial charge in [0, 0.05) is 24.2 Å². The number of amides is 3. The van der Waals surface area contributed by atoms with E-state index in [0.29, 0.717) is 5.56 Å². The van der Waals surface area contributed by atoms with E-state index < -0.39 is 30.3 Å². The Balaban J connectivity index is 1.53. The number of imide groups is 1. The minimum absolute atomic E-state index is 0.0292. The summed E-state index contributed by atoms with van der Waals surface area (Å²) in [5.41, 5.74) is 2.15. The van der Waals surface area contributed by atoms with Gasteiger partial charge in [-0.2, -0.15) is 0 Å². The van der Waals surface area contributed by atoms with Gasteiger partial charge in [0.25, 0.3) is 11.8 Å². The second kappa shape index (κ2) is 9.14. The van der Waals surface area contributed by atoms with Gasteiger partial charge in [-0.25, -0.2) is 0 Å². The average Bonchev–Trinajstić information content (AvgIpc) is 3.14. The van der Waals surface area contributed by atoms with Crippen molar-refractivity contribution in [1.82, 2.24) is 5.32 Å². The van der Waals surface area contributed by atoms with Crippen LogP contribution in [0, 0.1) is 5.92 Å². The van der Waals surface area contributed by atoms with E-state index in [1.807, 2.05) is 31.2 Å². The van der Waals surface area contributed by atoms with Gasteiger partial charge in [0.15, 0.2) is 6.61 Å².